The van der Waals surface area contributed by atoms with Crippen LogP contribution in [0.15, 0.2) is 10.4 Å². The Bertz CT molecular complexity index is 813. The number of aliphatic imine (C=N–C) groups is 1. The molecule has 0 aliphatic carbocycles. The fraction of sp³-hybridized carbons (Fsp3) is 0.700. The fourth-order valence-corrected chi connectivity index (χ4v) is 4.16. The second-order valence-corrected chi connectivity index (χ2v) is 9.67. The number of nitrogens with one attached hydrogen (secondary N) is 2. The number of thiazole rings is 1. The Morgan fingerprint density at radius 3 is 2.79 bits per heavy atom. The molecule has 1 aliphatic rings. The number of rotatable bonds is 5. The van der Waals surface area contributed by atoms with Gasteiger partial charge in [-0.15, -0.1) is 11.3 Å². The van der Waals surface area contributed by atoms with Crippen LogP contribution in [-0.4, -0.2) is 45.3 Å². The maximum atomic E-state index is 4.76. The molecule has 154 valence electrons. The highest BCUT2D eigenvalue weighted by Crippen LogP contribution is 2.24. The van der Waals surface area contributed by atoms with Gasteiger partial charge in [0.15, 0.2) is 11.8 Å². The van der Waals surface area contributed by atoms with Gasteiger partial charge in [-0.1, -0.05) is 34.6 Å². The van der Waals surface area contributed by atoms with Crippen molar-refractivity contribution in [1.29, 1.82) is 0 Å². The molecular weight excluding hydrogens is 370 g/mol. The second kappa shape index (κ2) is 8.59. The molecule has 2 N–H and O–H groups in total. The average Bonchev–Trinajstić information content (AvgIpc) is 3.27. The molecule has 0 bridgehead atoms. The number of nitrogens with zero attached hydrogens (tertiary/aromatic N) is 5. The van der Waals surface area contributed by atoms with Gasteiger partial charge in [-0.2, -0.15) is 5.10 Å². The minimum Gasteiger partial charge on any atom is -0.356 e. The fourth-order valence-electron chi connectivity index (χ4n) is 3.14. The molecule has 28 heavy (non-hydrogen) atoms. The molecular formula is C20H33N7S. The summed E-state index contributed by atoms with van der Waals surface area (Å²) >= 11 is 1.74. The molecule has 7 nitrogen and oxygen atoms in total. The SMILES string of the molecule is CN=C(NCCc1nc(C(C)(C)C)cs1)NC1CCc2nc(C(C)C)nn2C1. The van der Waals surface area contributed by atoms with Crippen molar-refractivity contribution in [1.82, 2.24) is 30.4 Å². The standard InChI is InChI=1S/C20H33N7S/c1-13(2)18-25-16-8-7-14(11-27(16)26-18)23-19(21-6)22-10-9-17-24-15(12-28-17)20(3,4)5/h12-14H,7-11H2,1-6H3,(H2,21,22,23). The molecule has 0 aromatic carbocycles. The first-order valence-electron chi connectivity index (χ1n) is 10.1. The quantitative estimate of drug-likeness (QED) is 0.593. The van der Waals surface area contributed by atoms with Crippen molar-refractivity contribution in [3.63, 3.8) is 0 Å². The third kappa shape index (κ3) is 5.10. The first-order valence-corrected chi connectivity index (χ1v) is 11.0. The smallest absolute Gasteiger partial charge is 0.191 e. The van der Waals surface area contributed by atoms with E-state index in [1.807, 2.05) is 11.7 Å². The molecule has 1 aliphatic heterocycles. The third-order valence-corrected chi connectivity index (χ3v) is 5.82. The number of hydrogen-bond donors (Lipinski definition) is 2. The van der Waals surface area contributed by atoms with Crippen LogP contribution in [-0.2, 0) is 24.8 Å². The zero-order valence-corrected chi connectivity index (χ0v) is 18.7. The summed E-state index contributed by atoms with van der Waals surface area (Å²) in [4.78, 5) is 13.8. The van der Waals surface area contributed by atoms with Crippen LogP contribution in [0.25, 0.3) is 0 Å². The maximum absolute atomic E-state index is 4.76. The number of aryl methyl sites for hydroxylation is 1. The van der Waals surface area contributed by atoms with Gasteiger partial charge in [-0.05, 0) is 6.42 Å². The molecule has 0 saturated carbocycles. The van der Waals surface area contributed by atoms with Crippen LogP contribution in [0.4, 0.5) is 0 Å². The van der Waals surface area contributed by atoms with Gasteiger partial charge in [0.1, 0.15) is 5.82 Å². The predicted molar refractivity (Wildman–Crippen MR) is 115 cm³/mol. The lowest BCUT2D eigenvalue weighted by atomic mass is 9.93. The molecule has 0 saturated heterocycles. The summed E-state index contributed by atoms with van der Waals surface area (Å²) in [5.41, 5.74) is 1.28. The lowest BCUT2D eigenvalue weighted by Gasteiger charge is -2.25. The van der Waals surface area contributed by atoms with E-state index in [2.05, 4.69) is 65.7 Å². The predicted octanol–water partition coefficient (Wildman–Crippen LogP) is 2.88. The van der Waals surface area contributed by atoms with E-state index < -0.39 is 0 Å². The van der Waals surface area contributed by atoms with Gasteiger partial charge in [-0.3, -0.25) is 4.99 Å². The topological polar surface area (TPSA) is 80.0 Å². The van der Waals surface area contributed by atoms with E-state index in [-0.39, 0.29) is 5.41 Å². The van der Waals surface area contributed by atoms with Gasteiger partial charge in [0, 0.05) is 49.2 Å². The molecule has 2 aromatic rings. The zero-order chi connectivity index (χ0) is 20.3. The number of hydrogen-bond acceptors (Lipinski definition) is 5. The van der Waals surface area contributed by atoms with E-state index in [0.717, 1.165) is 50.0 Å². The van der Waals surface area contributed by atoms with Crippen molar-refractivity contribution in [3.05, 3.63) is 27.7 Å². The Morgan fingerprint density at radius 1 is 1.36 bits per heavy atom. The molecule has 0 radical (unpaired) electrons. The van der Waals surface area contributed by atoms with Crippen molar-refractivity contribution >= 4 is 17.3 Å². The molecule has 0 fully saturated rings. The molecule has 2 aromatic heterocycles. The van der Waals surface area contributed by atoms with Gasteiger partial charge in [0.2, 0.25) is 0 Å². The van der Waals surface area contributed by atoms with Gasteiger partial charge in [0.25, 0.3) is 0 Å². The normalized spacial score (nSPS) is 17.7. The van der Waals surface area contributed by atoms with E-state index in [1.165, 1.54) is 10.7 Å². The summed E-state index contributed by atoms with van der Waals surface area (Å²) in [6, 6.07) is 0.313. The molecule has 3 rings (SSSR count). The first kappa shape index (κ1) is 20.8. The summed E-state index contributed by atoms with van der Waals surface area (Å²) in [7, 11) is 1.82. The van der Waals surface area contributed by atoms with Crippen LogP contribution in [0.5, 0.6) is 0 Å². The van der Waals surface area contributed by atoms with Crippen molar-refractivity contribution in [3.8, 4) is 0 Å². The van der Waals surface area contributed by atoms with Crippen molar-refractivity contribution in [2.75, 3.05) is 13.6 Å². The molecule has 1 atom stereocenters. The van der Waals surface area contributed by atoms with E-state index in [1.54, 1.807) is 11.3 Å². The number of guanidine groups is 1. The van der Waals surface area contributed by atoms with Crippen molar-refractivity contribution in [2.24, 2.45) is 4.99 Å². The Balaban J connectivity index is 1.49. The monoisotopic (exact) mass is 403 g/mol. The second-order valence-electron chi connectivity index (χ2n) is 8.73. The van der Waals surface area contributed by atoms with Crippen molar-refractivity contribution in [2.45, 2.75) is 77.8 Å². The summed E-state index contributed by atoms with van der Waals surface area (Å²) in [6.45, 7) is 12.5. The van der Waals surface area contributed by atoms with Gasteiger partial charge in [-0.25, -0.2) is 14.6 Å². The summed E-state index contributed by atoms with van der Waals surface area (Å²) in [5.74, 6) is 3.24. The lowest BCUT2D eigenvalue weighted by molar-refractivity contribution is 0.391. The van der Waals surface area contributed by atoms with E-state index >= 15 is 0 Å². The molecule has 3 heterocycles. The molecule has 0 spiro atoms. The summed E-state index contributed by atoms with van der Waals surface area (Å²) < 4.78 is 2.05. The van der Waals surface area contributed by atoms with Crippen LogP contribution >= 0.6 is 11.3 Å². The van der Waals surface area contributed by atoms with Crippen molar-refractivity contribution < 1.29 is 0 Å². The molecule has 1 unspecified atom stereocenters. The molecule has 8 heteroatoms. The van der Waals surface area contributed by atoms with Crippen LogP contribution in [0, 0.1) is 0 Å². The van der Waals surface area contributed by atoms with Gasteiger partial charge >= 0.3 is 0 Å². The minimum absolute atomic E-state index is 0.108. The number of aromatic nitrogens is 4. The molecule has 0 amide bonds. The highest BCUT2D eigenvalue weighted by Gasteiger charge is 2.23. The van der Waals surface area contributed by atoms with Gasteiger partial charge in [0.05, 0.1) is 17.2 Å². The zero-order valence-electron chi connectivity index (χ0n) is 17.9. The maximum Gasteiger partial charge on any atom is 0.191 e. The third-order valence-electron chi connectivity index (χ3n) is 4.91. The van der Waals surface area contributed by atoms with E-state index in [4.69, 9.17) is 4.98 Å². The van der Waals surface area contributed by atoms with E-state index in [0.29, 0.717) is 12.0 Å². The Hall–Kier alpha value is -1.96. The van der Waals surface area contributed by atoms with Gasteiger partial charge < -0.3 is 10.6 Å². The Kier molecular flexibility index (Phi) is 6.37. The van der Waals surface area contributed by atoms with Crippen LogP contribution in [0.1, 0.15) is 69.3 Å². The Labute approximate surface area is 172 Å². The van der Waals surface area contributed by atoms with Crippen LogP contribution < -0.4 is 10.6 Å². The average molecular weight is 404 g/mol. The minimum atomic E-state index is 0.108. The van der Waals surface area contributed by atoms with E-state index in [9.17, 15) is 0 Å². The largest absolute Gasteiger partial charge is 0.356 e. The first-order chi connectivity index (χ1) is 13.3. The summed E-state index contributed by atoms with van der Waals surface area (Å²) in [5, 5.41) is 14.9. The lowest BCUT2D eigenvalue weighted by Crippen LogP contribution is -2.47. The van der Waals surface area contributed by atoms with Crippen LogP contribution in [0.2, 0.25) is 0 Å². The highest BCUT2D eigenvalue weighted by molar-refractivity contribution is 7.09. The van der Waals surface area contributed by atoms with Crippen LogP contribution in [0.3, 0.4) is 0 Å². The number of fused-ring (bicyclic) bond motifs is 1. The Morgan fingerprint density at radius 2 is 2.14 bits per heavy atom. The highest BCUT2D eigenvalue weighted by atomic mass is 32.1. The summed E-state index contributed by atoms with van der Waals surface area (Å²) in [6.07, 6.45) is 2.89.